The van der Waals surface area contributed by atoms with Crippen LogP contribution in [0.4, 0.5) is 0 Å². The Balaban J connectivity index is 2.32. The van der Waals surface area contributed by atoms with Crippen LogP contribution in [0, 0.1) is 0 Å². The Hall–Kier alpha value is -3.66. The fourth-order valence-electron chi connectivity index (χ4n) is 4.10. The van der Waals surface area contributed by atoms with Crippen molar-refractivity contribution in [3.05, 3.63) is 71.8 Å². The molecule has 4 aromatic rings. The zero-order valence-corrected chi connectivity index (χ0v) is 17.4. The van der Waals surface area contributed by atoms with Crippen molar-refractivity contribution >= 4 is 33.1 Å². The summed E-state index contributed by atoms with van der Waals surface area (Å²) in [5.41, 5.74) is 2.48. The maximum absolute atomic E-state index is 12.5. The molecule has 0 unspecified atom stereocenters. The molecule has 0 atom stereocenters. The van der Waals surface area contributed by atoms with Gasteiger partial charge in [-0.1, -0.05) is 48.5 Å². The van der Waals surface area contributed by atoms with Gasteiger partial charge >= 0.3 is 0 Å². The predicted molar refractivity (Wildman–Crippen MR) is 120 cm³/mol. The SMILES string of the molecule is COc1c(C(C)=O)cc2ccccc2c1-c1c(OC)c(C(C)=O)cc2ccccc12. The lowest BCUT2D eigenvalue weighted by Crippen LogP contribution is -2.04. The molecule has 0 amide bonds. The molecule has 0 saturated heterocycles. The Labute approximate surface area is 175 Å². The Kier molecular flexibility index (Phi) is 5.00. The molecule has 0 aliphatic rings. The Bertz CT molecular complexity index is 1210. The first-order chi connectivity index (χ1) is 14.5. The highest BCUT2D eigenvalue weighted by Gasteiger charge is 2.25. The minimum Gasteiger partial charge on any atom is -0.495 e. The summed E-state index contributed by atoms with van der Waals surface area (Å²) in [5, 5.41) is 3.67. The van der Waals surface area contributed by atoms with Gasteiger partial charge in [-0.15, -0.1) is 0 Å². The van der Waals surface area contributed by atoms with Crippen molar-refractivity contribution in [3.8, 4) is 22.6 Å². The molecule has 0 aliphatic carbocycles. The van der Waals surface area contributed by atoms with Crippen molar-refractivity contribution in [2.24, 2.45) is 0 Å². The minimum absolute atomic E-state index is 0.0927. The van der Waals surface area contributed by atoms with Crippen LogP contribution in [0.3, 0.4) is 0 Å². The van der Waals surface area contributed by atoms with E-state index in [4.69, 9.17) is 9.47 Å². The third kappa shape index (κ3) is 3.01. The summed E-state index contributed by atoms with van der Waals surface area (Å²) in [4.78, 5) is 25.0. The first-order valence-corrected chi connectivity index (χ1v) is 9.69. The predicted octanol–water partition coefficient (Wildman–Crippen LogP) is 6.08. The van der Waals surface area contributed by atoms with Gasteiger partial charge in [-0.3, -0.25) is 9.59 Å². The summed E-state index contributed by atoms with van der Waals surface area (Å²) in [6, 6.07) is 19.4. The molecule has 4 heteroatoms. The van der Waals surface area contributed by atoms with Crippen LogP contribution in [-0.2, 0) is 0 Å². The topological polar surface area (TPSA) is 52.6 Å². The zero-order chi connectivity index (χ0) is 21.4. The number of ketones is 2. The van der Waals surface area contributed by atoms with Gasteiger partial charge in [0.25, 0.3) is 0 Å². The van der Waals surface area contributed by atoms with Crippen LogP contribution in [0.2, 0.25) is 0 Å². The number of carbonyl (C=O) groups excluding carboxylic acids is 2. The number of ether oxygens (including phenoxy) is 2. The standard InChI is InChI=1S/C26H22O4/c1-15(27)21-13-17-9-5-7-11-19(17)23(25(21)29-3)24-20-12-8-6-10-18(20)14-22(16(2)28)26(24)30-4/h5-14H,1-4H3. The van der Waals surface area contributed by atoms with E-state index in [0.717, 1.165) is 32.7 Å². The zero-order valence-electron chi connectivity index (χ0n) is 17.4. The summed E-state index contributed by atoms with van der Waals surface area (Å²) in [7, 11) is 3.12. The molecule has 0 fully saturated rings. The van der Waals surface area contributed by atoms with Crippen LogP contribution in [0.5, 0.6) is 11.5 Å². The lowest BCUT2D eigenvalue weighted by molar-refractivity contribution is 0.100. The number of hydrogen-bond acceptors (Lipinski definition) is 4. The second kappa shape index (κ2) is 7.64. The average molecular weight is 398 g/mol. The molecular weight excluding hydrogens is 376 g/mol. The lowest BCUT2D eigenvalue weighted by atomic mass is 9.87. The third-order valence-electron chi connectivity index (χ3n) is 5.42. The molecule has 4 nitrogen and oxygen atoms in total. The van der Waals surface area contributed by atoms with Crippen LogP contribution in [0.15, 0.2) is 60.7 Å². The second-order valence-corrected chi connectivity index (χ2v) is 7.22. The number of fused-ring (bicyclic) bond motifs is 2. The quantitative estimate of drug-likeness (QED) is 0.382. The van der Waals surface area contributed by atoms with E-state index in [9.17, 15) is 9.59 Å². The molecule has 0 spiro atoms. The van der Waals surface area contributed by atoms with Gasteiger partial charge in [0.15, 0.2) is 11.6 Å². The monoisotopic (exact) mass is 398 g/mol. The summed E-state index contributed by atoms with van der Waals surface area (Å²) in [6.45, 7) is 3.05. The van der Waals surface area contributed by atoms with E-state index in [2.05, 4.69) is 0 Å². The van der Waals surface area contributed by atoms with Crippen LogP contribution in [-0.4, -0.2) is 25.8 Å². The van der Waals surface area contributed by atoms with Crippen LogP contribution in [0.25, 0.3) is 32.7 Å². The van der Waals surface area contributed by atoms with Crippen molar-refractivity contribution in [2.75, 3.05) is 14.2 Å². The molecule has 30 heavy (non-hydrogen) atoms. The highest BCUT2D eigenvalue weighted by Crippen LogP contribution is 2.48. The number of carbonyl (C=O) groups is 2. The van der Waals surface area contributed by atoms with Gasteiger partial charge < -0.3 is 9.47 Å². The van der Waals surface area contributed by atoms with Gasteiger partial charge in [-0.2, -0.15) is 0 Å². The molecular formula is C26H22O4. The molecule has 0 aromatic heterocycles. The van der Waals surface area contributed by atoms with Crippen LogP contribution in [0.1, 0.15) is 34.6 Å². The molecule has 4 aromatic carbocycles. The Morgan fingerprint density at radius 2 is 1.00 bits per heavy atom. The fourth-order valence-corrected chi connectivity index (χ4v) is 4.10. The number of methoxy groups -OCH3 is 2. The molecule has 0 bridgehead atoms. The highest BCUT2D eigenvalue weighted by atomic mass is 16.5. The average Bonchev–Trinajstić information content (AvgIpc) is 2.76. The van der Waals surface area contributed by atoms with E-state index in [0.29, 0.717) is 22.6 Å². The van der Waals surface area contributed by atoms with E-state index in [1.165, 1.54) is 13.8 Å². The first kappa shape index (κ1) is 19.6. The van der Waals surface area contributed by atoms with E-state index in [1.54, 1.807) is 14.2 Å². The van der Waals surface area contributed by atoms with Gasteiger partial charge in [0.1, 0.15) is 11.5 Å². The number of hydrogen-bond donors (Lipinski definition) is 0. The fraction of sp³-hybridized carbons (Fsp3) is 0.154. The Morgan fingerprint density at radius 1 is 0.633 bits per heavy atom. The second-order valence-electron chi connectivity index (χ2n) is 7.22. The maximum atomic E-state index is 12.5. The molecule has 0 radical (unpaired) electrons. The Morgan fingerprint density at radius 3 is 1.33 bits per heavy atom. The van der Waals surface area contributed by atoms with Gasteiger partial charge in [-0.25, -0.2) is 0 Å². The number of benzene rings is 4. The highest BCUT2D eigenvalue weighted by molar-refractivity contribution is 6.16. The normalized spacial score (nSPS) is 10.9. The van der Waals surface area contributed by atoms with Crippen molar-refractivity contribution in [2.45, 2.75) is 13.8 Å². The van der Waals surface area contributed by atoms with Crippen molar-refractivity contribution in [1.82, 2.24) is 0 Å². The summed E-state index contributed by atoms with van der Waals surface area (Å²) in [6.07, 6.45) is 0. The summed E-state index contributed by atoms with van der Waals surface area (Å²) >= 11 is 0. The molecule has 0 heterocycles. The van der Waals surface area contributed by atoms with Gasteiger partial charge in [-0.05, 0) is 47.5 Å². The van der Waals surface area contributed by atoms with E-state index in [1.807, 2.05) is 60.7 Å². The number of rotatable bonds is 5. The summed E-state index contributed by atoms with van der Waals surface area (Å²) in [5.74, 6) is 0.769. The maximum Gasteiger partial charge on any atom is 0.163 e. The largest absolute Gasteiger partial charge is 0.495 e. The van der Waals surface area contributed by atoms with E-state index in [-0.39, 0.29) is 11.6 Å². The first-order valence-electron chi connectivity index (χ1n) is 9.69. The third-order valence-corrected chi connectivity index (χ3v) is 5.42. The molecule has 0 saturated carbocycles. The van der Waals surface area contributed by atoms with Gasteiger partial charge in [0.2, 0.25) is 0 Å². The van der Waals surface area contributed by atoms with E-state index >= 15 is 0 Å². The van der Waals surface area contributed by atoms with Crippen LogP contribution >= 0.6 is 0 Å². The van der Waals surface area contributed by atoms with Gasteiger partial charge in [0.05, 0.1) is 25.3 Å². The molecule has 150 valence electrons. The van der Waals surface area contributed by atoms with Crippen LogP contribution < -0.4 is 9.47 Å². The van der Waals surface area contributed by atoms with Crippen molar-refractivity contribution < 1.29 is 19.1 Å². The summed E-state index contributed by atoms with van der Waals surface area (Å²) < 4.78 is 11.6. The van der Waals surface area contributed by atoms with Gasteiger partial charge in [0, 0.05) is 11.1 Å². The van der Waals surface area contributed by atoms with E-state index < -0.39 is 0 Å². The molecule has 0 aliphatic heterocycles. The lowest BCUT2D eigenvalue weighted by Gasteiger charge is -2.21. The van der Waals surface area contributed by atoms with Crippen molar-refractivity contribution in [3.63, 3.8) is 0 Å². The van der Waals surface area contributed by atoms with Crippen molar-refractivity contribution in [1.29, 1.82) is 0 Å². The minimum atomic E-state index is -0.0927. The molecule has 0 N–H and O–H groups in total. The number of Topliss-reactive ketones (excluding diaryl/α,β-unsaturated/α-hetero) is 2. The smallest absolute Gasteiger partial charge is 0.163 e. The molecule has 4 rings (SSSR count).